The van der Waals surface area contributed by atoms with Gasteiger partial charge < -0.3 is 9.52 Å². The molecule has 5 rings (SSSR count). The number of carboxylic acids is 1. The number of imide groups is 1. The van der Waals surface area contributed by atoms with Crippen molar-refractivity contribution in [2.45, 2.75) is 44.9 Å². The van der Waals surface area contributed by atoms with E-state index in [9.17, 15) is 24.3 Å². The van der Waals surface area contributed by atoms with Gasteiger partial charge in [0.2, 0.25) is 0 Å². The summed E-state index contributed by atoms with van der Waals surface area (Å²) in [6.45, 7) is 0.119. The number of carbonyl (C=O) groups excluding carboxylic acids is 3. The molecule has 0 unspecified atom stereocenters. The molecule has 2 aromatic carbocycles. The van der Waals surface area contributed by atoms with E-state index < -0.39 is 11.9 Å². The molecule has 174 valence electrons. The Balaban J connectivity index is 1.23. The summed E-state index contributed by atoms with van der Waals surface area (Å²) in [6.07, 6.45) is 4.45. The highest BCUT2D eigenvalue weighted by molar-refractivity contribution is 6.21. The highest BCUT2D eigenvalue weighted by Crippen LogP contribution is 2.33. The van der Waals surface area contributed by atoms with Crippen molar-refractivity contribution in [2.24, 2.45) is 5.92 Å². The van der Waals surface area contributed by atoms with Crippen LogP contribution in [0.5, 0.6) is 0 Å². The Hall–Kier alpha value is -3.74. The number of amides is 2. The summed E-state index contributed by atoms with van der Waals surface area (Å²) in [5, 5.41) is 10.7. The molecule has 1 aromatic heterocycles. The average Bonchev–Trinajstić information content (AvgIpc) is 3.33. The molecule has 2 amide bonds. The number of furan rings is 1. The zero-order chi connectivity index (χ0) is 23.8. The molecule has 1 aliphatic carbocycles. The van der Waals surface area contributed by atoms with E-state index in [0.29, 0.717) is 28.7 Å². The molecule has 1 N–H and O–H groups in total. The first kappa shape index (κ1) is 22.1. The normalized spacial score (nSPS) is 15.9. The predicted octanol–water partition coefficient (Wildman–Crippen LogP) is 4.66. The minimum atomic E-state index is -1.06. The molecule has 0 saturated heterocycles. The molecule has 0 saturated carbocycles. The van der Waals surface area contributed by atoms with Gasteiger partial charge in [-0.2, -0.15) is 0 Å². The van der Waals surface area contributed by atoms with Gasteiger partial charge in [0.25, 0.3) is 11.8 Å². The highest BCUT2D eigenvalue weighted by Gasteiger charge is 2.35. The quantitative estimate of drug-likeness (QED) is 0.388. The van der Waals surface area contributed by atoms with E-state index in [4.69, 9.17) is 4.42 Å². The van der Waals surface area contributed by atoms with Gasteiger partial charge in [0, 0.05) is 35.9 Å². The van der Waals surface area contributed by atoms with Crippen molar-refractivity contribution in [1.82, 2.24) is 4.90 Å². The summed E-state index contributed by atoms with van der Waals surface area (Å²) in [4.78, 5) is 50.8. The van der Waals surface area contributed by atoms with Crippen molar-refractivity contribution in [3.8, 4) is 0 Å². The van der Waals surface area contributed by atoms with Gasteiger partial charge in [0.1, 0.15) is 11.3 Å². The number of hydrogen-bond acceptors (Lipinski definition) is 5. The van der Waals surface area contributed by atoms with Gasteiger partial charge in [-0.15, -0.1) is 0 Å². The fraction of sp³-hybridized carbons (Fsp3) is 0.333. The van der Waals surface area contributed by atoms with Crippen molar-refractivity contribution >= 4 is 34.5 Å². The summed E-state index contributed by atoms with van der Waals surface area (Å²) in [6, 6.07) is 12.0. The number of ketones is 1. The SMILES string of the molecule is O=C(C[C@H](CCCN1C(=O)c2ccccc2C1=O)C(=O)O)c1ccc2c3c(oc2c1)CCCC3. The largest absolute Gasteiger partial charge is 0.481 e. The minimum Gasteiger partial charge on any atom is -0.481 e. The number of carbonyl (C=O) groups is 4. The van der Waals surface area contributed by atoms with Crippen LogP contribution in [0, 0.1) is 5.92 Å². The second kappa shape index (κ2) is 8.89. The smallest absolute Gasteiger partial charge is 0.306 e. The van der Waals surface area contributed by atoms with Crippen LogP contribution in [-0.2, 0) is 17.6 Å². The lowest BCUT2D eigenvalue weighted by Crippen LogP contribution is -2.31. The first-order valence-electron chi connectivity index (χ1n) is 11.7. The number of carboxylic acid groups (broad SMARTS) is 1. The zero-order valence-corrected chi connectivity index (χ0v) is 18.7. The fourth-order valence-corrected chi connectivity index (χ4v) is 5.03. The van der Waals surface area contributed by atoms with Crippen LogP contribution in [-0.4, -0.2) is 40.1 Å². The molecule has 1 aliphatic heterocycles. The molecule has 3 aromatic rings. The van der Waals surface area contributed by atoms with Crippen molar-refractivity contribution in [3.05, 3.63) is 70.5 Å². The maximum Gasteiger partial charge on any atom is 0.306 e. The zero-order valence-electron chi connectivity index (χ0n) is 18.7. The molecule has 0 fully saturated rings. The molecule has 0 radical (unpaired) electrons. The van der Waals surface area contributed by atoms with Crippen LogP contribution in [0.25, 0.3) is 11.0 Å². The Morgan fingerprint density at radius 1 is 1.00 bits per heavy atom. The van der Waals surface area contributed by atoms with Gasteiger partial charge in [0.15, 0.2) is 5.78 Å². The molecular formula is C27H25NO6. The monoisotopic (exact) mass is 459 g/mol. The third-order valence-corrected chi connectivity index (χ3v) is 6.87. The predicted molar refractivity (Wildman–Crippen MR) is 124 cm³/mol. The molecule has 2 aliphatic rings. The maximum atomic E-state index is 12.9. The summed E-state index contributed by atoms with van der Waals surface area (Å²) >= 11 is 0. The third-order valence-electron chi connectivity index (χ3n) is 6.87. The van der Waals surface area contributed by atoms with Crippen molar-refractivity contribution in [2.75, 3.05) is 6.54 Å². The van der Waals surface area contributed by atoms with Gasteiger partial charge in [-0.3, -0.25) is 24.1 Å². The highest BCUT2D eigenvalue weighted by atomic mass is 16.4. The lowest BCUT2D eigenvalue weighted by molar-refractivity contribution is -0.141. The molecule has 0 spiro atoms. The molecule has 2 heterocycles. The number of rotatable bonds is 8. The molecule has 1 atom stereocenters. The van der Waals surface area contributed by atoms with E-state index in [-0.39, 0.29) is 37.0 Å². The van der Waals surface area contributed by atoms with Crippen LogP contribution >= 0.6 is 0 Å². The number of aryl methyl sites for hydroxylation is 2. The Labute approximate surface area is 196 Å². The number of Topliss-reactive ketones (excluding diaryl/α,β-unsaturated/α-hetero) is 1. The maximum absolute atomic E-state index is 12.9. The van der Waals surface area contributed by atoms with Crippen LogP contribution in [0.2, 0.25) is 0 Å². The van der Waals surface area contributed by atoms with E-state index in [1.165, 1.54) is 5.56 Å². The number of hydrogen-bond donors (Lipinski definition) is 1. The molecular weight excluding hydrogens is 434 g/mol. The molecule has 34 heavy (non-hydrogen) atoms. The van der Waals surface area contributed by atoms with Gasteiger partial charge in [-0.25, -0.2) is 0 Å². The van der Waals surface area contributed by atoms with Gasteiger partial charge in [-0.05, 0) is 50.3 Å². The second-order valence-corrected chi connectivity index (χ2v) is 9.03. The number of aliphatic carboxylic acids is 1. The van der Waals surface area contributed by atoms with Crippen molar-refractivity contribution < 1.29 is 28.7 Å². The summed E-state index contributed by atoms with van der Waals surface area (Å²) < 4.78 is 5.96. The van der Waals surface area contributed by atoms with E-state index in [2.05, 4.69) is 0 Å². The second-order valence-electron chi connectivity index (χ2n) is 9.03. The topological polar surface area (TPSA) is 105 Å². The van der Waals surface area contributed by atoms with Crippen LogP contribution < -0.4 is 0 Å². The van der Waals surface area contributed by atoms with E-state index in [1.807, 2.05) is 6.07 Å². The van der Waals surface area contributed by atoms with Crippen LogP contribution in [0.15, 0.2) is 46.9 Å². The Morgan fingerprint density at radius 2 is 1.71 bits per heavy atom. The number of benzene rings is 2. The van der Waals surface area contributed by atoms with Crippen molar-refractivity contribution in [3.63, 3.8) is 0 Å². The summed E-state index contributed by atoms with van der Waals surface area (Å²) in [5.41, 5.74) is 3.07. The number of nitrogens with zero attached hydrogens (tertiary/aromatic N) is 1. The van der Waals surface area contributed by atoms with E-state index in [0.717, 1.165) is 41.7 Å². The first-order valence-corrected chi connectivity index (χ1v) is 11.7. The van der Waals surface area contributed by atoms with E-state index >= 15 is 0 Å². The van der Waals surface area contributed by atoms with Crippen molar-refractivity contribution in [1.29, 1.82) is 0 Å². The van der Waals surface area contributed by atoms with Gasteiger partial charge >= 0.3 is 5.97 Å². The standard InChI is InChI=1S/C27H25NO6/c29-22(16-11-12-19-18-7-3-4-10-23(18)34-24(19)15-16)14-17(27(32)33)6-5-13-28-25(30)20-8-1-2-9-21(20)26(28)31/h1-2,8-9,11-12,15,17H,3-7,10,13-14H2,(H,32,33)/t17-/m0/s1. The van der Waals surface area contributed by atoms with Crippen LogP contribution in [0.3, 0.4) is 0 Å². The fourth-order valence-electron chi connectivity index (χ4n) is 5.03. The van der Waals surface area contributed by atoms with Crippen LogP contribution in [0.1, 0.15) is 74.5 Å². The summed E-state index contributed by atoms with van der Waals surface area (Å²) in [7, 11) is 0. The average molecular weight is 459 g/mol. The Bertz CT molecular complexity index is 1280. The molecule has 7 heteroatoms. The minimum absolute atomic E-state index is 0.119. The Kier molecular flexibility index (Phi) is 5.77. The van der Waals surface area contributed by atoms with Crippen LogP contribution in [0.4, 0.5) is 0 Å². The van der Waals surface area contributed by atoms with Gasteiger partial charge in [0.05, 0.1) is 17.0 Å². The lowest BCUT2D eigenvalue weighted by Gasteiger charge is -2.16. The lowest BCUT2D eigenvalue weighted by atomic mass is 9.92. The van der Waals surface area contributed by atoms with Gasteiger partial charge in [-0.1, -0.05) is 24.3 Å². The van der Waals surface area contributed by atoms with E-state index in [1.54, 1.807) is 36.4 Å². The molecule has 7 nitrogen and oxygen atoms in total. The third kappa shape index (κ3) is 3.91. The number of fused-ring (bicyclic) bond motifs is 4. The molecule has 0 bridgehead atoms. The Morgan fingerprint density at radius 3 is 2.41 bits per heavy atom. The summed E-state index contributed by atoms with van der Waals surface area (Å²) in [5.74, 6) is -1.96. The first-order chi connectivity index (χ1) is 16.4.